The molecule has 0 bridgehead atoms. The lowest BCUT2D eigenvalue weighted by Crippen LogP contribution is -2.47. The van der Waals surface area contributed by atoms with Gasteiger partial charge in [-0.25, -0.2) is 9.97 Å². The number of hydrogen-bond donors (Lipinski definition) is 2. The molecule has 3 aromatic rings. The SMILES string of the molecule is O=C(NNc1ncnc(N2CCN(c3cccc(Cl)c3)CC2)c1[N+](=O)[O-])c1cccc(Cl)c1. The van der Waals surface area contributed by atoms with Gasteiger partial charge in [0, 0.05) is 47.5 Å². The van der Waals surface area contributed by atoms with Crippen LogP contribution in [-0.2, 0) is 0 Å². The van der Waals surface area contributed by atoms with E-state index >= 15 is 0 Å². The zero-order chi connectivity index (χ0) is 23.4. The van der Waals surface area contributed by atoms with Gasteiger partial charge in [-0.3, -0.25) is 25.8 Å². The van der Waals surface area contributed by atoms with Crippen molar-refractivity contribution in [2.45, 2.75) is 0 Å². The van der Waals surface area contributed by atoms with E-state index < -0.39 is 10.8 Å². The van der Waals surface area contributed by atoms with E-state index in [1.54, 1.807) is 18.2 Å². The number of carbonyl (C=O) groups is 1. The van der Waals surface area contributed by atoms with Crippen LogP contribution >= 0.6 is 23.2 Å². The Balaban J connectivity index is 1.49. The Kier molecular flexibility index (Phi) is 6.76. The van der Waals surface area contributed by atoms with Crippen molar-refractivity contribution in [2.24, 2.45) is 0 Å². The molecule has 2 N–H and O–H groups in total. The highest BCUT2D eigenvalue weighted by Crippen LogP contribution is 2.32. The number of amides is 1. The van der Waals surface area contributed by atoms with Crippen molar-refractivity contribution >= 4 is 52.1 Å². The first kappa shape index (κ1) is 22.6. The van der Waals surface area contributed by atoms with Crippen molar-refractivity contribution in [1.82, 2.24) is 15.4 Å². The highest BCUT2D eigenvalue weighted by Gasteiger charge is 2.29. The minimum Gasteiger partial charge on any atom is -0.368 e. The third-order valence-corrected chi connectivity index (χ3v) is 5.59. The van der Waals surface area contributed by atoms with E-state index in [1.807, 2.05) is 29.2 Å². The lowest BCUT2D eigenvalue weighted by molar-refractivity contribution is -0.383. The van der Waals surface area contributed by atoms with Crippen LogP contribution in [0.1, 0.15) is 10.4 Å². The lowest BCUT2D eigenvalue weighted by Gasteiger charge is -2.36. The van der Waals surface area contributed by atoms with Crippen molar-refractivity contribution in [3.05, 3.63) is 80.6 Å². The molecule has 10 nitrogen and oxygen atoms in total. The number of hydrogen-bond acceptors (Lipinski definition) is 8. The van der Waals surface area contributed by atoms with Gasteiger partial charge in [0.2, 0.25) is 11.6 Å². The monoisotopic (exact) mass is 487 g/mol. The number of aromatic nitrogens is 2. The first-order valence-electron chi connectivity index (χ1n) is 9.99. The molecule has 0 radical (unpaired) electrons. The summed E-state index contributed by atoms with van der Waals surface area (Å²) < 4.78 is 0. The van der Waals surface area contributed by atoms with Gasteiger partial charge in [0.25, 0.3) is 5.91 Å². The summed E-state index contributed by atoms with van der Waals surface area (Å²) in [5.74, 6) is -0.444. The summed E-state index contributed by atoms with van der Waals surface area (Å²) in [6.45, 7) is 2.29. The molecule has 33 heavy (non-hydrogen) atoms. The smallest absolute Gasteiger partial charge is 0.355 e. The number of rotatable bonds is 6. The van der Waals surface area contributed by atoms with Crippen LogP contribution in [0.3, 0.4) is 0 Å². The van der Waals surface area contributed by atoms with E-state index in [-0.39, 0.29) is 17.3 Å². The molecule has 0 spiro atoms. The molecule has 1 fully saturated rings. The Labute approximate surface area is 199 Å². The highest BCUT2D eigenvalue weighted by molar-refractivity contribution is 6.31. The van der Waals surface area contributed by atoms with Crippen LogP contribution in [0.4, 0.5) is 23.0 Å². The summed E-state index contributed by atoms with van der Waals surface area (Å²) >= 11 is 12.0. The molecule has 2 aromatic carbocycles. The topological polar surface area (TPSA) is 117 Å². The maximum atomic E-state index is 12.4. The highest BCUT2D eigenvalue weighted by atomic mass is 35.5. The molecule has 1 aliphatic rings. The minimum absolute atomic E-state index is 0.113. The normalized spacial score (nSPS) is 13.5. The standard InChI is InChI=1S/C21H19Cl2N7O3/c22-15-4-1-3-14(11-15)21(31)27-26-19-18(30(32)33)20(25-13-24-19)29-9-7-28(8-10-29)17-6-2-5-16(23)12-17/h1-6,11-13H,7-10H2,(H,27,31)(H,24,25,26). The van der Waals surface area contributed by atoms with E-state index in [4.69, 9.17) is 23.2 Å². The largest absolute Gasteiger partial charge is 0.368 e. The number of nitro groups is 1. The zero-order valence-corrected chi connectivity index (χ0v) is 18.8. The Hall–Kier alpha value is -3.63. The second kappa shape index (κ2) is 9.88. The third kappa shape index (κ3) is 5.24. The van der Waals surface area contributed by atoms with Gasteiger partial charge in [-0.2, -0.15) is 0 Å². The number of anilines is 3. The summed E-state index contributed by atoms with van der Waals surface area (Å²) in [6, 6.07) is 13.9. The van der Waals surface area contributed by atoms with Crippen LogP contribution in [-0.4, -0.2) is 47.0 Å². The Morgan fingerprint density at radius 3 is 2.30 bits per heavy atom. The van der Waals surface area contributed by atoms with Crippen LogP contribution in [0, 0.1) is 10.1 Å². The molecule has 0 atom stereocenters. The van der Waals surface area contributed by atoms with Crippen LogP contribution < -0.4 is 20.7 Å². The fraction of sp³-hybridized carbons (Fsp3) is 0.190. The van der Waals surface area contributed by atoms with Gasteiger partial charge in [0.1, 0.15) is 6.33 Å². The van der Waals surface area contributed by atoms with E-state index in [2.05, 4.69) is 25.7 Å². The second-order valence-electron chi connectivity index (χ2n) is 7.20. The van der Waals surface area contributed by atoms with Crippen molar-refractivity contribution in [3.63, 3.8) is 0 Å². The molecular weight excluding hydrogens is 469 g/mol. The number of hydrazine groups is 1. The average molecular weight is 488 g/mol. The molecule has 0 unspecified atom stereocenters. The molecule has 0 saturated carbocycles. The number of carbonyl (C=O) groups excluding carboxylic acids is 1. The Morgan fingerprint density at radius 1 is 0.970 bits per heavy atom. The van der Waals surface area contributed by atoms with Crippen molar-refractivity contribution < 1.29 is 9.72 Å². The molecule has 170 valence electrons. The van der Waals surface area contributed by atoms with Crippen molar-refractivity contribution in [3.8, 4) is 0 Å². The summed E-state index contributed by atoms with van der Waals surface area (Å²) in [5, 5.41) is 12.9. The molecule has 4 rings (SSSR count). The quantitative estimate of drug-likeness (QED) is 0.398. The first-order chi connectivity index (χ1) is 15.9. The van der Waals surface area contributed by atoms with E-state index in [9.17, 15) is 14.9 Å². The summed E-state index contributed by atoms with van der Waals surface area (Å²) in [6.07, 6.45) is 1.22. The fourth-order valence-corrected chi connectivity index (χ4v) is 3.90. The van der Waals surface area contributed by atoms with Gasteiger partial charge in [0.15, 0.2) is 0 Å². The summed E-state index contributed by atoms with van der Waals surface area (Å²) in [4.78, 5) is 35.8. The average Bonchev–Trinajstić information content (AvgIpc) is 2.82. The number of benzene rings is 2. The van der Waals surface area contributed by atoms with E-state index in [1.165, 1.54) is 12.4 Å². The lowest BCUT2D eigenvalue weighted by atomic mass is 10.2. The molecule has 1 aromatic heterocycles. The number of halogens is 2. The van der Waals surface area contributed by atoms with Gasteiger partial charge in [-0.05, 0) is 36.4 Å². The summed E-state index contributed by atoms with van der Waals surface area (Å²) in [7, 11) is 0. The second-order valence-corrected chi connectivity index (χ2v) is 8.07. The van der Waals surface area contributed by atoms with Crippen LogP contribution in [0.25, 0.3) is 0 Å². The molecule has 1 saturated heterocycles. The van der Waals surface area contributed by atoms with Crippen molar-refractivity contribution in [2.75, 3.05) is 41.4 Å². The Morgan fingerprint density at radius 2 is 1.64 bits per heavy atom. The molecule has 2 heterocycles. The number of piperazine rings is 1. The molecule has 1 amide bonds. The number of nitrogens with zero attached hydrogens (tertiary/aromatic N) is 5. The van der Waals surface area contributed by atoms with E-state index in [0.717, 1.165) is 5.69 Å². The van der Waals surface area contributed by atoms with Gasteiger partial charge < -0.3 is 9.80 Å². The van der Waals surface area contributed by atoms with Gasteiger partial charge in [-0.15, -0.1) is 0 Å². The third-order valence-electron chi connectivity index (χ3n) is 5.12. The fourth-order valence-electron chi connectivity index (χ4n) is 3.53. The van der Waals surface area contributed by atoms with Crippen molar-refractivity contribution in [1.29, 1.82) is 0 Å². The maximum Gasteiger partial charge on any atom is 0.355 e. The van der Waals surface area contributed by atoms with Gasteiger partial charge >= 0.3 is 5.69 Å². The predicted octanol–water partition coefficient (Wildman–Crippen LogP) is 3.78. The van der Waals surface area contributed by atoms with Crippen LogP contribution in [0.2, 0.25) is 10.0 Å². The first-order valence-corrected chi connectivity index (χ1v) is 10.7. The zero-order valence-electron chi connectivity index (χ0n) is 17.2. The van der Waals surface area contributed by atoms with E-state index in [0.29, 0.717) is 41.8 Å². The molecule has 1 aliphatic heterocycles. The predicted molar refractivity (Wildman–Crippen MR) is 127 cm³/mol. The van der Waals surface area contributed by atoms with Crippen LogP contribution in [0.5, 0.6) is 0 Å². The van der Waals surface area contributed by atoms with Gasteiger partial charge in [-0.1, -0.05) is 35.3 Å². The molecule has 12 heteroatoms. The van der Waals surface area contributed by atoms with Crippen LogP contribution in [0.15, 0.2) is 54.9 Å². The minimum atomic E-state index is -0.563. The Bertz CT molecular complexity index is 1190. The van der Waals surface area contributed by atoms with Gasteiger partial charge in [0.05, 0.1) is 4.92 Å². The number of nitrogens with one attached hydrogen (secondary N) is 2. The molecular formula is C21H19Cl2N7O3. The maximum absolute atomic E-state index is 12.4. The molecule has 0 aliphatic carbocycles. The summed E-state index contributed by atoms with van der Waals surface area (Å²) in [5.41, 5.74) is 5.93.